The second kappa shape index (κ2) is 10.7. The summed E-state index contributed by atoms with van der Waals surface area (Å²) >= 11 is 0. The van der Waals surface area contributed by atoms with E-state index in [1.54, 1.807) is 31.3 Å². The molecule has 1 saturated heterocycles. The Hall–Kier alpha value is -2.58. The molecule has 1 aliphatic rings. The zero-order chi connectivity index (χ0) is 20.5. The molecular weight excluding hydrogens is 368 g/mol. The van der Waals surface area contributed by atoms with Gasteiger partial charge in [0.2, 0.25) is 5.91 Å². The first-order valence-corrected chi connectivity index (χ1v) is 9.44. The van der Waals surface area contributed by atoms with Crippen molar-refractivity contribution in [3.8, 4) is 5.75 Å². The lowest BCUT2D eigenvalue weighted by molar-refractivity contribution is -0.121. The minimum atomic E-state index is -2.85. The van der Waals surface area contributed by atoms with Crippen LogP contribution in [0.5, 0.6) is 5.75 Å². The fourth-order valence-corrected chi connectivity index (χ4v) is 3.09. The minimum Gasteiger partial charge on any atom is -0.433 e. The van der Waals surface area contributed by atoms with Crippen LogP contribution in [-0.4, -0.2) is 57.2 Å². The Balaban J connectivity index is 1.84. The largest absolute Gasteiger partial charge is 0.433 e. The van der Waals surface area contributed by atoms with Gasteiger partial charge in [-0.15, -0.1) is 0 Å². The van der Waals surface area contributed by atoms with Crippen LogP contribution in [0.2, 0.25) is 0 Å². The Bertz CT molecular complexity index is 669. The van der Waals surface area contributed by atoms with Gasteiger partial charge in [0.15, 0.2) is 5.96 Å². The van der Waals surface area contributed by atoms with E-state index in [0.717, 1.165) is 13.0 Å². The smallest absolute Gasteiger partial charge is 0.387 e. The highest BCUT2D eigenvalue weighted by Gasteiger charge is 2.26. The van der Waals surface area contributed by atoms with Gasteiger partial charge in [0.25, 0.3) is 0 Å². The van der Waals surface area contributed by atoms with Gasteiger partial charge in [-0.25, -0.2) is 0 Å². The topological polar surface area (TPSA) is 78.0 Å². The first-order chi connectivity index (χ1) is 13.4. The first kappa shape index (κ1) is 21.7. The van der Waals surface area contributed by atoms with E-state index in [1.165, 1.54) is 0 Å². The average molecular weight is 397 g/mol. The van der Waals surface area contributed by atoms with E-state index in [9.17, 15) is 13.6 Å². The molecule has 9 heteroatoms. The molecule has 1 heterocycles. The molecule has 7 nitrogen and oxygen atoms in total. The van der Waals surface area contributed by atoms with Gasteiger partial charge in [0, 0.05) is 45.2 Å². The number of para-hydroxylation sites is 2. The van der Waals surface area contributed by atoms with Crippen LogP contribution in [0.4, 0.5) is 14.5 Å². The van der Waals surface area contributed by atoms with Crippen LogP contribution in [0.1, 0.15) is 26.7 Å². The number of hydrogen-bond donors (Lipinski definition) is 3. The van der Waals surface area contributed by atoms with E-state index in [-0.39, 0.29) is 23.7 Å². The van der Waals surface area contributed by atoms with E-state index >= 15 is 0 Å². The molecule has 156 valence electrons. The van der Waals surface area contributed by atoms with Crippen molar-refractivity contribution >= 4 is 17.6 Å². The van der Waals surface area contributed by atoms with Crippen LogP contribution in [0.3, 0.4) is 0 Å². The summed E-state index contributed by atoms with van der Waals surface area (Å²) in [6.07, 6.45) is 1.19. The van der Waals surface area contributed by atoms with Crippen molar-refractivity contribution < 1.29 is 18.3 Å². The number of benzene rings is 1. The number of alkyl halides is 2. The van der Waals surface area contributed by atoms with Crippen LogP contribution < -0.4 is 25.6 Å². The van der Waals surface area contributed by atoms with Gasteiger partial charge in [-0.3, -0.25) is 9.79 Å². The molecule has 2 rings (SSSR count). The number of amides is 1. The van der Waals surface area contributed by atoms with E-state index in [2.05, 4.69) is 25.7 Å². The van der Waals surface area contributed by atoms with Crippen molar-refractivity contribution in [1.82, 2.24) is 16.0 Å². The van der Waals surface area contributed by atoms with Crippen molar-refractivity contribution in [2.45, 2.75) is 45.4 Å². The number of rotatable bonds is 8. The molecule has 1 aromatic carbocycles. The van der Waals surface area contributed by atoms with Crippen molar-refractivity contribution in [3.05, 3.63) is 24.3 Å². The molecule has 1 aliphatic heterocycles. The number of hydrogen-bond acceptors (Lipinski definition) is 4. The third-order valence-electron chi connectivity index (χ3n) is 4.27. The third kappa shape index (κ3) is 6.86. The molecule has 1 fully saturated rings. The molecule has 28 heavy (non-hydrogen) atoms. The molecule has 1 unspecified atom stereocenters. The first-order valence-electron chi connectivity index (χ1n) is 9.44. The highest BCUT2D eigenvalue weighted by Crippen LogP contribution is 2.31. The van der Waals surface area contributed by atoms with Crippen LogP contribution in [0.25, 0.3) is 0 Å². The Morgan fingerprint density at radius 1 is 1.36 bits per heavy atom. The second-order valence-corrected chi connectivity index (χ2v) is 6.89. The van der Waals surface area contributed by atoms with Crippen molar-refractivity contribution in [3.63, 3.8) is 0 Å². The number of carbonyl (C=O) groups is 1. The zero-order valence-corrected chi connectivity index (χ0v) is 16.5. The van der Waals surface area contributed by atoms with E-state index < -0.39 is 6.61 Å². The fourth-order valence-electron chi connectivity index (χ4n) is 3.09. The van der Waals surface area contributed by atoms with Crippen molar-refractivity contribution in [2.24, 2.45) is 4.99 Å². The summed E-state index contributed by atoms with van der Waals surface area (Å²) < 4.78 is 29.9. The number of guanidine groups is 1. The van der Waals surface area contributed by atoms with Crippen LogP contribution in [0.15, 0.2) is 29.3 Å². The minimum absolute atomic E-state index is 0.0133. The summed E-state index contributed by atoms with van der Waals surface area (Å²) in [5.74, 6) is 0.777. The van der Waals surface area contributed by atoms with Crippen LogP contribution in [0, 0.1) is 0 Å². The molecule has 1 amide bonds. The molecule has 1 atom stereocenters. The lowest BCUT2D eigenvalue weighted by atomic mass is 10.2. The van der Waals surface area contributed by atoms with Gasteiger partial charge in [-0.05, 0) is 32.4 Å². The highest BCUT2D eigenvalue weighted by molar-refractivity contribution is 5.81. The van der Waals surface area contributed by atoms with Crippen LogP contribution >= 0.6 is 0 Å². The standard InChI is InChI=1S/C19H29F2N5O2/c1-13(2)24-17(27)8-10-23-19(22-3)25-14-9-11-26(12-14)15-6-4-5-7-16(15)28-18(20)21/h4-7,13-14,18H,8-12H2,1-3H3,(H,24,27)(H2,22,23,25). The van der Waals surface area contributed by atoms with E-state index in [4.69, 9.17) is 0 Å². The molecular formula is C19H29F2N5O2. The summed E-state index contributed by atoms with van der Waals surface area (Å²) in [6, 6.07) is 7.03. The monoisotopic (exact) mass is 397 g/mol. The Morgan fingerprint density at radius 3 is 2.79 bits per heavy atom. The van der Waals surface area contributed by atoms with Gasteiger partial charge < -0.3 is 25.6 Å². The highest BCUT2D eigenvalue weighted by atomic mass is 19.3. The zero-order valence-electron chi connectivity index (χ0n) is 16.5. The molecule has 1 aromatic rings. The van der Waals surface area contributed by atoms with Gasteiger partial charge in [-0.1, -0.05) is 12.1 Å². The number of ether oxygens (including phenoxy) is 1. The Morgan fingerprint density at radius 2 is 2.11 bits per heavy atom. The predicted octanol–water partition coefficient (Wildman–Crippen LogP) is 1.95. The SMILES string of the molecule is CN=C(NCCC(=O)NC(C)C)NC1CCN(c2ccccc2OC(F)F)C1. The number of nitrogens with zero attached hydrogens (tertiary/aromatic N) is 2. The summed E-state index contributed by atoms with van der Waals surface area (Å²) in [6.45, 7) is 2.81. The van der Waals surface area contributed by atoms with Crippen LogP contribution in [-0.2, 0) is 4.79 Å². The molecule has 0 bridgehead atoms. The Labute approximate surface area is 164 Å². The van der Waals surface area contributed by atoms with E-state index in [1.807, 2.05) is 18.7 Å². The van der Waals surface area contributed by atoms with Gasteiger partial charge in [-0.2, -0.15) is 8.78 Å². The van der Waals surface area contributed by atoms with Gasteiger partial charge >= 0.3 is 6.61 Å². The maximum absolute atomic E-state index is 12.6. The molecule has 0 aromatic heterocycles. The molecule has 0 saturated carbocycles. The normalized spacial score (nSPS) is 17.2. The maximum Gasteiger partial charge on any atom is 0.387 e. The third-order valence-corrected chi connectivity index (χ3v) is 4.27. The Kier molecular flexibility index (Phi) is 8.28. The predicted molar refractivity (Wildman–Crippen MR) is 106 cm³/mol. The molecule has 0 aliphatic carbocycles. The second-order valence-electron chi connectivity index (χ2n) is 6.89. The number of anilines is 1. The van der Waals surface area contributed by atoms with Crippen molar-refractivity contribution in [1.29, 1.82) is 0 Å². The molecule has 0 radical (unpaired) electrons. The van der Waals surface area contributed by atoms with Gasteiger partial charge in [0.1, 0.15) is 5.75 Å². The summed E-state index contributed by atoms with van der Waals surface area (Å²) in [4.78, 5) is 17.9. The van der Waals surface area contributed by atoms with Crippen molar-refractivity contribution in [2.75, 3.05) is 31.6 Å². The number of carbonyl (C=O) groups excluding carboxylic acids is 1. The average Bonchev–Trinajstić information content (AvgIpc) is 3.08. The molecule has 3 N–H and O–H groups in total. The molecule has 0 spiro atoms. The van der Waals surface area contributed by atoms with E-state index in [0.29, 0.717) is 31.2 Å². The number of halogens is 2. The number of nitrogens with one attached hydrogen (secondary N) is 3. The number of aliphatic imine (C=N–C) groups is 1. The van der Waals surface area contributed by atoms with Gasteiger partial charge in [0.05, 0.1) is 5.69 Å². The quantitative estimate of drug-likeness (QED) is 0.462. The lowest BCUT2D eigenvalue weighted by Gasteiger charge is -2.22. The summed E-state index contributed by atoms with van der Waals surface area (Å²) in [5, 5.41) is 9.28. The maximum atomic E-state index is 12.6. The lowest BCUT2D eigenvalue weighted by Crippen LogP contribution is -2.45. The summed E-state index contributed by atoms with van der Waals surface area (Å²) in [5.41, 5.74) is 0.653. The summed E-state index contributed by atoms with van der Waals surface area (Å²) in [7, 11) is 1.67. The fraction of sp³-hybridized carbons (Fsp3) is 0.579.